The van der Waals surface area contributed by atoms with E-state index in [9.17, 15) is 4.79 Å². The molecule has 1 saturated carbocycles. The number of allylic oxidation sites excluding steroid dienone is 1. The van der Waals surface area contributed by atoms with Gasteiger partial charge in [0.25, 0.3) is 0 Å². The smallest absolute Gasteiger partial charge is 0.162 e. The van der Waals surface area contributed by atoms with E-state index < -0.39 is 0 Å². The number of Topliss-reactive ketones (excluding diaryl/α,β-unsaturated/α-hetero) is 1. The number of nitrogens with one attached hydrogen (secondary N) is 1. The summed E-state index contributed by atoms with van der Waals surface area (Å²) in [5.41, 5.74) is 1.74. The molecule has 0 bridgehead atoms. The number of hydrogen-bond acceptors (Lipinski definition) is 3. The van der Waals surface area contributed by atoms with E-state index in [1.165, 1.54) is 0 Å². The molecule has 1 fully saturated rings. The summed E-state index contributed by atoms with van der Waals surface area (Å²) in [6.07, 6.45) is 4.65. The third-order valence-electron chi connectivity index (χ3n) is 3.16. The predicted octanol–water partition coefficient (Wildman–Crippen LogP) is 0.795. The molecule has 15 heavy (non-hydrogen) atoms. The molecule has 0 spiro atoms. The largest absolute Gasteiger partial charge is 0.414 e. The number of fused-ring (bicyclic) bond motifs is 1. The molecule has 84 valence electrons. The quantitative estimate of drug-likeness (QED) is 0.699. The van der Waals surface area contributed by atoms with E-state index in [1.807, 2.05) is 6.92 Å². The molecule has 0 amide bonds. The maximum absolute atomic E-state index is 12.0. The normalized spacial score (nSPS) is 29.6. The monoisotopic (exact) mass is 378 g/mol. The molecule has 2 rings (SSSR count). The van der Waals surface area contributed by atoms with Gasteiger partial charge in [0.1, 0.15) is 0 Å². The van der Waals surface area contributed by atoms with Crippen LogP contribution in [0.3, 0.4) is 0 Å². The molecule has 2 N–H and O–H groups in total. The summed E-state index contributed by atoms with van der Waals surface area (Å²) in [6, 6.07) is 0.241. The molecule has 0 aromatic carbocycles. The van der Waals surface area contributed by atoms with Crippen molar-refractivity contribution in [1.29, 1.82) is 0 Å². The van der Waals surface area contributed by atoms with Gasteiger partial charge in [-0.15, -0.1) is 0 Å². The van der Waals surface area contributed by atoms with Gasteiger partial charge in [0, 0.05) is 51.3 Å². The van der Waals surface area contributed by atoms with Gasteiger partial charge in [-0.3, -0.25) is 4.79 Å². The maximum atomic E-state index is 12.0. The minimum absolute atomic E-state index is 0. The van der Waals surface area contributed by atoms with Crippen LogP contribution in [0.15, 0.2) is 11.3 Å². The van der Waals surface area contributed by atoms with Crippen molar-refractivity contribution in [2.24, 2.45) is 5.92 Å². The molecule has 3 nitrogen and oxygen atoms in total. The maximum Gasteiger partial charge on any atom is 0.162 e. The van der Waals surface area contributed by atoms with Crippen molar-refractivity contribution in [2.75, 3.05) is 6.61 Å². The summed E-state index contributed by atoms with van der Waals surface area (Å²) < 4.78 is 0. The second kappa shape index (κ2) is 5.27. The number of aliphatic hydroxyl groups excluding tert-OH is 1. The van der Waals surface area contributed by atoms with E-state index in [4.69, 9.17) is 5.11 Å². The molecule has 4 heteroatoms. The van der Waals surface area contributed by atoms with Crippen LogP contribution in [0.2, 0.25) is 0 Å². The fraction of sp³-hybridized carbons (Fsp3) is 0.636. The van der Waals surface area contributed by atoms with Crippen LogP contribution in [0, 0.1) is 12.3 Å². The number of hydrogen-bond donors (Lipinski definition) is 2. The van der Waals surface area contributed by atoms with Gasteiger partial charge >= 0.3 is 0 Å². The number of rotatable bonds is 2. The first-order chi connectivity index (χ1) is 6.74. The van der Waals surface area contributed by atoms with Crippen LogP contribution < -0.4 is 5.32 Å². The summed E-state index contributed by atoms with van der Waals surface area (Å²) >= 11 is 0. The zero-order valence-electron chi connectivity index (χ0n) is 8.82. The molecule has 0 aromatic heterocycles. The van der Waals surface area contributed by atoms with Crippen LogP contribution in [-0.4, -0.2) is 23.5 Å². The molecular weight excluding hydrogens is 362 g/mol. The first-order valence-corrected chi connectivity index (χ1v) is 5.18. The zero-order valence-corrected chi connectivity index (χ0v) is 11.8. The number of aliphatic hydroxyl groups is 1. The molecule has 1 aliphatic heterocycles. The van der Waals surface area contributed by atoms with E-state index in [2.05, 4.69) is 11.7 Å². The number of carbonyl (C=O) groups excluding carboxylic acids is 1. The molecule has 0 aromatic rings. The van der Waals surface area contributed by atoms with Crippen molar-refractivity contribution in [2.45, 2.75) is 32.2 Å². The Kier molecular flexibility index (Phi) is 4.54. The molecule has 2 unspecified atom stereocenters. The molecule has 1 aliphatic carbocycles. The van der Waals surface area contributed by atoms with Crippen molar-refractivity contribution in [3.8, 4) is 0 Å². The van der Waals surface area contributed by atoms with Crippen LogP contribution >= 0.6 is 0 Å². The van der Waals surface area contributed by atoms with Gasteiger partial charge in [-0.25, -0.2) is 0 Å². The summed E-state index contributed by atoms with van der Waals surface area (Å²) in [6.45, 7) is 1.98. The van der Waals surface area contributed by atoms with Crippen molar-refractivity contribution in [1.82, 2.24) is 5.32 Å². The van der Waals surface area contributed by atoms with Gasteiger partial charge < -0.3 is 16.8 Å². The van der Waals surface area contributed by atoms with Crippen LogP contribution in [0.25, 0.3) is 0 Å². The van der Waals surface area contributed by atoms with Crippen molar-refractivity contribution < 1.29 is 31.0 Å². The summed E-state index contributed by atoms with van der Waals surface area (Å²) in [5, 5.41) is 12.2. The van der Waals surface area contributed by atoms with E-state index >= 15 is 0 Å². The molecular formula is C11H16NO2W-. The topological polar surface area (TPSA) is 49.3 Å². The van der Waals surface area contributed by atoms with Crippen molar-refractivity contribution in [3.05, 3.63) is 17.7 Å². The van der Waals surface area contributed by atoms with Gasteiger partial charge in [-0.2, -0.15) is 6.42 Å². The Labute approximate surface area is 105 Å². The van der Waals surface area contributed by atoms with Gasteiger partial charge in [-0.05, 0) is 6.92 Å². The van der Waals surface area contributed by atoms with E-state index in [1.54, 1.807) is 0 Å². The fourth-order valence-electron chi connectivity index (χ4n) is 2.42. The van der Waals surface area contributed by atoms with Crippen LogP contribution in [-0.2, 0) is 25.9 Å². The average molecular weight is 378 g/mol. The SMILES string of the molecule is CC1=C(CCO)C(=O)C2CC[CH-]C2N1.[W]. The molecule has 0 saturated heterocycles. The predicted molar refractivity (Wildman–Crippen MR) is 53.4 cm³/mol. The summed E-state index contributed by atoms with van der Waals surface area (Å²) in [7, 11) is 0. The van der Waals surface area contributed by atoms with Crippen molar-refractivity contribution in [3.63, 3.8) is 0 Å². The van der Waals surface area contributed by atoms with E-state index in [0.717, 1.165) is 24.1 Å². The fourth-order valence-corrected chi connectivity index (χ4v) is 2.42. The van der Waals surface area contributed by atoms with Gasteiger partial charge in [0.05, 0.1) is 0 Å². The summed E-state index contributed by atoms with van der Waals surface area (Å²) in [4.78, 5) is 12.0. The first-order valence-electron chi connectivity index (χ1n) is 5.18. The Morgan fingerprint density at radius 3 is 3.00 bits per heavy atom. The Balaban J connectivity index is 0.00000112. The second-order valence-corrected chi connectivity index (χ2v) is 4.03. The minimum Gasteiger partial charge on any atom is -0.414 e. The Morgan fingerprint density at radius 1 is 1.60 bits per heavy atom. The number of carbonyl (C=O) groups is 1. The van der Waals surface area contributed by atoms with Crippen LogP contribution in [0.4, 0.5) is 0 Å². The average Bonchev–Trinajstić information content (AvgIpc) is 2.60. The van der Waals surface area contributed by atoms with Gasteiger partial charge in [0.15, 0.2) is 5.78 Å². The van der Waals surface area contributed by atoms with Crippen molar-refractivity contribution >= 4 is 5.78 Å². The Bertz CT molecular complexity index is 288. The molecule has 1 heterocycles. The minimum atomic E-state index is 0. The van der Waals surface area contributed by atoms with Crippen LogP contribution in [0.5, 0.6) is 0 Å². The Hall–Kier alpha value is -0.142. The third kappa shape index (κ3) is 2.34. The number of ketones is 1. The molecule has 0 radical (unpaired) electrons. The summed E-state index contributed by atoms with van der Waals surface area (Å²) in [5.74, 6) is 0.370. The van der Waals surface area contributed by atoms with Gasteiger partial charge in [0.2, 0.25) is 0 Å². The second-order valence-electron chi connectivity index (χ2n) is 4.03. The first kappa shape index (κ1) is 12.9. The molecule has 2 atom stereocenters. The van der Waals surface area contributed by atoms with E-state index in [-0.39, 0.29) is 45.4 Å². The zero-order chi connectivity index (χ0) is 10.1. The Morgan fingerprint density at radius 2 is 2.33 bits per heavy atom. The van der Waals surface area contributed by atoms with Crippen LogP contribution in [0.1, 0.15) is 26.2 Å². The standard InChI is InChI=1S/C11H16NO2.W/c1-7-8(5-6-13)11(14)9-3-2-4-10(9)12-7;/h4,9-10,12-13H,2-3,5-6H2,1H3;/q-1;. The van der Waals surface area contributed by atoms with E-state index in [0.29, 0.717) is 6.42 Å². The van der Waals surface area contributed by atoms with Gasteiger partial charge in [-0.1, -0.05) is 12.5 Å². The molecule has 2 aliphatic rings. The third-order valence-corrected chi connectivity index (χ3v) is 3.16.